The van der Waals surface area contributed by atoms with Gasteiger partial charge >= 0.3 is 32.7 Å². The van der Waals surface area contributed by atoms with Gasteiger partial charge in [-0.05, 0) is 0 Å². The molecule has 0 spiro atoms. The number of halogens is 2. The van der Waals surface area contributed by atoms with E-state index in [1.807, 2.05) is 12.1 Å². The van der Waals surface area contributed by atoms with Gasteiger partial charge in [0, 0.05) is 0 Å². The molecule has 1 nitrogen and oxygen atoms in total. The van der Waals surface area contributed by atoms with Crippen LogP contribution in [0.15, 0.2) is 12.1 Å². The number of benzene rings is 1. The summed E-state index contributed by atoms with van der Waals surface area (Å²) in [6, 6.07) is 6.72. The van der Waals surface area contributed by atoms with Crippen LogP contribution in [0.5, 0.6) is 0 Å². The Morgan fingerprint density at radius 1 is 1.20 bits per heavy atom. The van der Waals surface area contributed by atoms with E-state index in [1.165, 1.54) is 0 Å². The summed E-state index contributed by atoms with van der Waals surface area (Å²) in [5, 5.41) is 0. The molecule has 0 saturated heterocycles. The first kappa shape index (κ1) is 11.6. The van der Waals surface area contributed by atoms with Crippen molar-refractivity contribution in [1.82, 2.24) is 0 Å². The molecule has 0 aromatic heterocycles. The Bertz CT molecular complexity index is 207. The molecule has 1 rings (SSSR count). The molecule has 0 aliphatic rings. The first-order valence-electron chi connectivity index (χ1n) is 2.32. The molecule has 0 saturated carbocycles. The van der Waals surface area contributed by atoms with Crippen LogP contribution >= 0.6 is 45.2 Å². The summed E-state index contributed by atoms with van der Waals surface area (Å²) in [6.45, 7) is 0. The smallest absolute Gasteiger partial charge is 0.417 e. The Kier molecular flexibility index (Phi) is 6.10. The molecule has 0 radical (unpaired) electrons. The van der Waals surface area contributed by atoms with E-state index in [0.29, 0.717) is 0 Å². The topological polar surface area (TPSA) is 26.0 Å². The van der Waals surface area contributed by atoms with E-state index in [4.69, 9.17) is 5.73 Å². The second-order valence-electron chi connectivity index (χ2n) is 1.56. The third-order valence-corrected chi connectivity index (χ3v) is 2.72. The van der Waals surface area contributed by atoms with E-state index in [0.717, 1.165) is 12.8 Å². The van der Waals surface area contributed by atoms with Crippen molar-refractivity contribution in [3.05, 3.63) is 25.3 Å². The summed E-state index contributed by atoms with van der Waals surface area (Å²) in [5.41, 5.74) is 6.50. The van der Waals surface area contributed by atoms with E-state index in [-0.39, 0.29) is 32.7 Å². The van der Waals surface area contributed by atoms with Crippen LogP contribution in [0.3, 0.4) is 0 Å². The van der Waals surface area contributed by atoms with Crippen molar-refractivity contribution in [1.29, 1.82) is 0 Å². The molecule has 0 heterocycles. The monoisotopic (exact) mass is 433 g/mol. The quantitative estimate of drug-likeness (QED) is 0.380. The molecule has 48 valence electrons. The SMILES string of the molecule is Nc1c(I)c[c-]cc1I.[Y+3]. The van der Waals surface area contributed by atoms with Gasteiger partial charge in [-0.25, -0.2) is 0 Å². The van der Waals surface area contributed by atoms with Crippen molar-refractivity contribution in [3.63, 3.8) is 0 Å². The van der Waals surface area contributed by atoms with Gasteiger partial charge in [0.1, 0.15) is 0 Å². The molecule has 0 fully saturated rings. The van der Waals surface area contributed by atoms with E-state index < -0.39 is 0 Å². The van der Waals surface area contributed by atoms with Crippen molar-refractivity contribution in [3.8, 4) is 0 Å². The fourth-order valence-corrected chi connectivity index (χ4v) is 1.91. The minimum Gasteiger partial charge on any atom is -0.417 e. The van der Waals surface area contributed by atoms with Crippen molar-refractivity contribution < 1.29 is 32.7 Å². The molecule has 4 heteroatoms. The molecule has 0 aliphatic heterocycles. The van der Waals surface area contributed by atoms with Gasteiger partial charge in [-0.15, -0.1) is 45.2 Å². The van der Waals surface area contributed by atoms with E-state index in [1.54, 1.807) is 0 Å². The molecular formula is C6H4I2NY+2. The normalized spacial score (nSPS) is 8.60. The predicted octanol–water partition coefficient (Wildman–Crippen LogP) is 2.28. The Balaban J connectivity index is 0.000000810. The predicted molar refractivity (Wildman–Crippen MR) is 55.1 cm³/mol. The van der Waals surface area contributed by atoms with Gasteiger partial charge < -0.3 is 5.73 Å². The Labute approximate surface area is 113 Å². The molecule has 1 aromatic rings. The molecule has 0 amide bonds. The third-order valence-electron chi connectivity index (χ3n) is 0.935. The molecule has 0 bridgehead atoms. The van der Waals surface area contributed by atoms with Crippen molar-refractivity contribution in [2.75, 3.05) is 5.73 Å². The van der Waals surface area contributed by atoms with Crippen LogP contribution < -0.4 is 5.73 Å². The van der Waals surface area contributed by atoms with Gasteiger partial charge in [-0.3, -0.25) is 0 Å². The maximum absolute atomic E-state index is 5.65. The summed E-state index contributed by atoms with van der Waals surface area (Å²) < 4.78 is 2.14. The number of hydrogen-bond acceptors (Lipinski definition) is 1. The van der Waals surface area contributed by atoms with E-state index >= 15 is 0 Å². The fraction of sp³-hybridized carbons (Fsp3) is 0. The summed E-state index contributed by atoms with van der Waals surface area (Å²) in [5.74, 6) is 0. The Hall–Kier alpha value is 1.58. The number of hydrogen-bond donors (Lipinski definition) is 1. The van der Waals surface area contributed by atoms with Crippen molar-refractivity contribution >= 4 is 50.9 Å². The first-order chi connectivity index (χ1) is 4.22. The Morgan fingerprint density at radius 2 is 1.60 bits per heavy atom. The number of nitrogens with two attached hydrogens (primary N) is 1. The van der Waals surface area contributed by atoms with Crippen LogP contribution in [0.1, 0.15) is 0 Å². The largest absolute Gasteiger partial charge is 3.00 e. The van der Waals surface area contributed by atoms with Crippen molar-refractivity contribution in [2.24, 2.45) is 0 Å². The molecule has 2 N–H and O–H groups in total. The van der Waals surface area contributed by atoms with E-state index in [2.05, 4.69) is 51.2 Å². The molecule has 1 aromatic carbocycles. The van der Waals surface area contributed by atoms with E-state index in [9.17, 15) is 0 Å². The fourth-order valence-electron chi connectivity index (χ4n) is 0.458. The molecule has 10 heavy (non-hydrogen) atoms. The van der Waals surface area contributed by atoms with Crippen LogP contribution in [-0.4, -0.2) is 0 Å². The summed E-state index contributed by atoms with van der Waals surface area (Å²) >= 11 is 4.38. The van der Waals surface area contributed by atoms with Gasteiger partial charge in [-0.2, -0.15) is 18.2 Å². The second kappa shape index (κ2) is 5.27. The third kappa shape index (κ3) is 2.91. The van der Waals surface area contributed by atoms with Gasteiger partial charge in [0.25, 0.3) is 0 Å². The van der Waals surface area contributed by atoms with Gasteiger partial charge in [0.2, 0.25) is 0 Å². The van der Waals surface area contributed by atoms with Crippen LogP contribution in [-0.2, 0) is 32.7 Å². The molecular weight excluding hydrogens is 429 g/mol. The van der Waals surface area contributed by atoms with Crippen LogP contribution in [0.25, 0.3) is 0 Å². The average Bonchev–Trinajstić information content (AvgIpc) is 1.83. The zero-order chi connectivity index (χ0) is 6.85. The van der Waals surface area contributed by atoms with Gasteiger partial charge in [0.15, 0.2) is 0 Å². The minimum absolute atomic E-state index is 0. The van der Waals surface area contributed by atoms with Gasteiger partial charge in [0.05, 0.1) is 0 Å². The maximum Gasteiger partial charge on any atom is 3.00 e. The summed E-state index contributed by atoms with van der Waals surface area (Å²) in [6.07, 6.45) is 0. The average molecular weight is 433 g/mol. The van der Waals surface area contributed by atoms with Gasteiger partial charge in [-0.1, -0.05) is 12.8 Å². The maximum atomic E-state index is 5.65. The number of anilines is 1. The summed E-state index contributed by atoms with van der Waals surface area (Å²) in [4.78, 5) is 0. The zero-order valence-corrected chi connectivity index (χ0v) is 12.2. The van der Waals surface area contributed by atoms with Crippen LogP contribution in [0.2, 0.25) is 0 Å². The van der Waals surface area contributed by atoms with Crippen LogP contribution in [0.4, 0.5) is 5.69 Å². The minimum atomic E-state index is 0. The second-order valence-corrected chi connectivity index (χ2v) is 3.89. The first-order valence-corrected chi connectivity index (χ1v) is 4.48. The number of rotatable bonds is 0. The molecule has 0 unspecified atom stereocenters. The zero-order valence-electron chi connectivity index (χ0n) is 5.07. The Morgan fingerprint density at radius 3 is 1.90 bits per heavy atom. The summed E-state index contributed by atoms with van der Waals surface area (Å²) in [7, 11) is 0. The molecule has 0 atom stereocenters. The number of nitrogen functional groups attached to an aromatic ring is 1. The standard InChI is InChI=1S/C6H4I2N.Y/c7-4-2-1-3-5(8)6(4)9;/h2-3H,9H2;/q-1;+3. The van der Waals surface area contributed by atoms with Crippen LogP contribution in [0, 0.1) is 13.2 Å². The van der Waals surface area contributed by atoms with Crippen molar-refractivity contribution in [2.45, 2.75) is 0 Å². The molecule has 0 aliphatic carbocycles.